The van der Waals surface area contributed by atoms with Gasteiger partial charge in [-0.1, -0.05) is 37.3 Å². The highest BCUT2D eigenvalue weighted by atomic mass is 16.5. The molecule has 0 unspecified atom stereocenters. The van der Waals surface area contributed by atoms with E-state index in [9.17, 15) is 9.59 Å². The first-order valence-electron chi connectivity index (χ1n) is 9.47. The molecule has 0 fully saturated rings. The van der Waals surface area contributed by atoms with E-state index in [0.717, 1.165) is 12.0 Å². The lowest BCUT2D eigenvalue weighted by Crippen LogP contribution is -2.21. The number of carbonyl (C=O) groups is 1. The molecule has 0 radical (unpaired) electrons. The quantitative estimate of drug-likeness (QED) is 0.481. The highest BCUT2D eigenvalue weighted by Crippen LogP contribution is 2.19. The SMILES string of the molecule is CCc1ccc(-n2cc(C(=O)OCc3ccncc3)c3ccccc3c2=O)cc1. The van der Waals surface area contributed by atoms with Crippen molar-refractivity contribution in [3.8, 4) is 5.69 Å². The van der Waals surface area contributed by atoms with Crippen LogP contribution in [0.5, 0.6) is 0 Å². The Balaban J connectivity index is 1.77. The van der Waals surface area contributed by atoms with Crippen LogP contribution in [0.15, 0.2) is 84.0 Å². The van der Waals surface area contributed by atoms with Gasteiger partial charge in [-0.2, -0.15) is 0 Å². The summed E-state index contributed by atoms with van der Waals surface area (Å²) in [5, 5.41) is 1.06. The summed E-state index contributed by atoms with van der Waals surface area (Å²) in [4.78, 5) is 29.9. The highest BCUT2D eigenvalue weighted by Gasteiger charge is 2.17. The maximum absolute atomic E-state index is 13.0. The van der Waals surface area contributed by atoms with E-state index in [2.05, 4.69) is 11.9 Å². The number of hydrogen-bond donors (Lipinski definition) is 0. The van der Waals surface area contributed by atoms with Crippen molar-refractivity contribution in [2.45, 2.75) is 20.0 Å². The van der Waals surface area contributed by atoms with Crippen LogP contribution in [0.25, 0.3) is 16.5 Å². The number of benzene rings is 2. The second-order valence-electron chi connectivity index (χ2n) is 6.72. The summed E-state index contributed by atoms with van der Waals surface area (Å²) in [7, 11) is 0. The third-order valence-corrected chi connectivity index (χ3v) is 4.89. The zero-order chi connectivity index (χ0) is 20.2. The van der Waals surface area contributed by atoms with Gasteiger partial charge in [0.05, 0.1) is 5.56 Å². The molecule has 0 amide bonds. The number of nitrogens with zero attached hydrogens (tertiary/aromatic N) is 2. The molecule has 5 heteroatoms. The largest absolute Gasteiger partial charge is 0.457 e. The van der Waals surface area contributed by atoms with Gasteiger partial charge in [0.15, 0.2) is 0 Å². The molecule has 0 aliphatic rings. The Labute approximate surface area is 168 Å². The number of aryl methyl sites for hydroxylation is 1. The molecule has 2 heterocycles. The van der Waals surface area contributed by atoms with Crippen LogP contribution < -0.4 is 5.56 Å². The van der Waals surface area contributed by atoms with Gasteiger partial charge in [-0.3, -0.25) is 14.3 Å². The molecule has 0 saturated heterocycles. The fraction of sp³-hybridized carbons (Fsp3) is 0.125. The zero-order valence-corrected chi connectivity index (χ0v) is 16.0. The Bertz CT molecular complexity index is 1210. The molecule has 5 nitrogen and oxygen atoms in total. The Morgan fingerprint density at radius 3 is 2.31 bits per heavy atom. The second-order valence-corrected chi connectivity index (χ2v) is 6.72. The molecule has 4 aromatic rings. The van der Waals surface area contributed by atoms with Crippen molar-refractivity contribution < 1.29 is 9.53 Å². The van der Waals surface area contributed by atoms with Crippen molar-refractivity contribution >= 4 is 16.7 Å². The standard InChI is InChI=1S/C24H20N2O3/c1-2-17-7-9-19(10-8-17)26-15-22(20-5-3-4-6-21(20)23(26)27)24(28)29-16-18-11-13-25-14-12-18/h3-15H,2,16H2,1H3. The van der Waals surface area contributed by atoms with Gasteiger partial charge in [0.2, 0.25) is 0 Å². The summed E-state index contributed by atoms with van der Waals surface area (Å²) in [5.41, 5.74) is 2.92. The van der Waals surface area contributed by atoms with Crippen LogP contribution in [-0.4, -0.2) is 15.5 Å². The summed E-state index contributed by atoms with van der Waals surface area (Å²) < 4.78 is 7.01. The number of ether oxygens (including phenoxy) is 1. The van der Waals surface area contributed by atoms with Crippen molar-refractivity contribution in [1.29, 1.82) is 0 Å². The average Bonchev–Trinajstić information content (AvgIpc) is 2.79. The van der Waals surface area contributed by atoms with Crippen LogP contribution in [0, 0.1) is 0 Å². The fourth-order valence-corrected chi connectivity index (χ4v) is 3.24. The summed E-state index contributed by atoms with van der Waals surface area (Å²) >= 11 is 0. The molecule has 0 aliphatic heterocycles. The summed E-state index contributed by atoms with van der Waals surface area (Å²) in [6, 6.07) is 18.4. The molecule has 0 saturated carbocycles. The molecule has 0 atom stereocenters. The van der Waals surface area contributed by atoms with Gasteiger partial charge in [0, 0.05) is 35.1 Å². The minimum absolute atomic E-state index is 0.139. The summed E-state index contributed by atoms with van der Waals surface area (Å²) in [6.45, 7) is 2.22. The van der Waals surface area contributed by atoms with Gasteiger partial charge < -0.3 is 4.74 Å². The van der Waals surface area contributed by atoms with Crippen LogP contribution in [0.2, 0.25) is 0 Å². The lowest BCUT2D eigenvalue weighted by atomic mass is 10.1. The minimum atomic E-state index is -0.475. The summed E-state index contributed by atoms with van der Waals surface area (Å²) in [6.07, 6.45) is 5.79. The first-order chi connectivity index (χ1) is 14.2. The van der Waals surface area contributed by atoms with E-state index >= 15 is 0 Å². The number of carbonyl (C=O) groups excluding carboxylic acids is 1. The van der Waals surface area contributed by atoms with Gasteiger partial charge in [-0.25, -0.2) is 4.79 Å². The van der Waals surface area contributed by atoms with Crippen molar-refractivity contribution in [3.63, 3.8) is 0 Å². The molecule has 0 N–H and O–H groups in total. The number of aromatic nitrogens is 2. The van der Waals surface area contributed by atoms with Crippen molar-refractivity contribution in [3.05, 3.63) is 106 Å². The van der Waals surface area contributed by atoms with Crippen LogP contribution in [0.3, 0.4) is 0 Å². The first kappa shape index (κ1) is 18.6. The smallest absolute Gasteiger partial charge is 0.340 e. The third-order valence-electron chi connectivity index (χ3n) is 4.89. The van der Waals surface area contributed by atoms with Crippen molar-refractivity contribution in [2.75, 3.05) is 0 Å². The Morgan fingerprint density at radius 2 is 1.62 bits per heavy atom. The third kappa shape index (κ3) is 3.80. The Kier molecular flexibility index (Phi) is 5.20. The van der Waals surface area contributed by atoms with E-state index in [1.54, 1.807) is 48.9 Å². The molecule has 29 heavy (non-hydrogen) atoms. The molecular formula is C24H20N2O3. The van der Waals surface area contributed by atoms with Gasteiger partial charge in [0.25, 0.3) is 5.56 Å². The number of rotatable bonds is 5. The predicted octanol–water partition coefficient (Wildman–Crippen LogP) is 4.31. The number of fused-ring (bicyclic) bond motifs is 1. The molecule has 144 valence electrons. The normalized spacial score (nSPS) is 10.8. The van der Waals surface area contributed by atoms with Gasteiger partial charge in [0.1, 0.15) is 6.61 Å². The molecule has 4 rings (SSSR count). The van der Waals surface area contributed by atoms with E-state index in [1.165, 1.54) is 10.1 Å². The minimum Gasteiger partial charge on any atom is -0.457 e. The molecular weight excluding hydrogens is 364 g/mol. The Hall–Kier alpha value is -3.73. The van der Waals surface area contributed by atoms with Crippen LogP contribution >= 0.6 is 0 Å². The predicted molar refractivity (Wildman–Crippen MR) is 112 cm³/mol. The molecule has 2 aromatic heterocycles. The number of pyridine rings is 2. The first-order valence-corrected chi connectivity index (χ1v) is 9.47. The molecule has 0 spiro atoms. The van der Waals surface area contributed by atoms with Crippen molar-refractivity contribution in [1.82, 2.24) is 9.55 Å². The summed E-state index contributed by atoms with van der Waals surface area (Å²) in [5.74, 6) is -0.475. The van der Waals surface area contributed by atoms with Crippen LogP contribution in [0.4, 0.5) is 0 Å². The molecule has 0 bridgehead atoms. The van der Waals surface area contributed by atoms with Crippen molar-refractivity contribution in [2.24, 2.45) is 0 Å². The van der Waals surface area contributed by atoms with Crippen LogP contribution in [0.1, 0.15) is 28.4 Å². The van der Waals surface area contributed by atoms with E-state index in [-0.39, 0.29) is 12.2 Å². The van der Waals surface area contributed by atoms with E-state index in [4.69, 9.17) is 4.74 Å². The maximum Gasteiger partial charge on any atom is 0.340 e. The lowest BCUT2D eigenvalue weighted by Gasteiger charge is -2.13. The Morgan fingerprint density at radius 1 is 0.931 bits per heavy atom. The van der Waals surface area contributed by atoms with E-state index in [1.807, 2.05) is 30.3 Å². The molecule has 0 aliphatic carbocycles. The molecule has 2 aromatic carbocycles. The van der Waals surface area contributed by atoms with Crippen LogP contribution in [-0.2, 0) is 17.8 Å². The number of hydrogen-bond acceptors (Lipinski definition) is 4. The van der Waals surface area contributed by atoms with E-state index < -0.39 is 5.97 Å². The number of esters is 1. The zero-order valence-electron chi connectivity index (χ0n) is 16.0. The topological polar surface area (TPSA) is 61.2 Å². The lowest BCUT2D eigenvalue weighted by molar-refractivity contribution is 0.0474. The highest BCUT2D eigenvalue weighted by molar-refractivity contribution is 6.04. The second kappa shape index (κ2) is 8.10. The fourth-order valence-electron chi connectivity index (χ4n) is 3.24. The van der Waals surface area contributed by atoms with Gasteiger partial charge in [-0.05, 0) is 47.9 Å². The maximum atomic E-state index is 13.0. The monoisotopic (exact) mass is 384 g/mol. The van der Waals surface area contributed by atoms with Gasteiger partial charge in [-0.15, -0.1) is 0 Å². The average molecular weight is 384 g/mol. The van der Waals surface area contributed by atoms with E-state index in [0.29, 0.717) is 22.0 Å². The van der Waals surface area contributed by atoms with Gasteiger partial charge >= 0.3 is 5.97 Å².